The highest BCUT2D eigenvalue weighted by molar-refractivity contribution is 7.09. The van der Waals surface area contributed by atoms with Crippen LogP contribution in [-0.4, -0.2) is 40.6 Å². The number of aromatic nitrogens is 1. The molecule has 0 unspecified atom stereocenters. The molecular formula is C18H23N3O2S. The van der Waals surface area contributed by atoms with E-state index in [1.54, 1.807) is 11.3 Å². The van der Waals surface area contributed by atoms with Gasteiger partial charge < -0.3 is 10.4 Å². The number of carbonyl (C=O) groups excluding carboxylic acids is 1. The molecule has 2 heterocycles. The topological polar surface area (TPSA) is 65.5 Å². The molecule has 1 amide bonds. The molecule has 0 bridgehead atoms. The zero-order chi connectivity index (χ0) is 16.8. The van der Waals surface area contributed by atoms with Gasteiger partial charge in [-0.2, -0.15) is 0 Å². The Labute approximate surface area is 146 Å². The van der Waals surface area contributed by atoms with Gasteiger partial charge in [0.1, 0.15) is 5.01 Å². The number of piperidine rings is 1. The van der Waals surface area contributed by atoms with E-state index in [0.29, 0.717) is 18.9 Å². The Morgan fingerprint density at radius 3 is 2.75 bits per heavy atom. The second kappa shape index (κ2) is 8.37. The smallest absolute Gasteiger partial charge is 0.231 e. The lowest BCUT2D eigenvalue weighted by atomic mass is 9.98. The van der Waals surface area contributed by atoms with Crippen molar-refractivity contribution in [2.75, 3.05) is 25.0 Å². The normalized spacial score (nSPS) is 16.2. The first kappa shape index (κ1) is 17.1. The number of hydrogen-bond acceptors (Lipinski definition) is 5. The molecule has 128 valence electrons. The number of likely N-dealkylation sites (tertiary alicyclic amines) is 1. The van der Waals surface area contributed by atoms with Crippen molar-refractivity contribution in [3.05, 3.63) is 46.4 Å². The van der Waals surface area contributed by atoms with Crippen LogP contribution in [0.4, 0.5) is 5.69 Å². The Balaban J connectivity index is 1.48. The van der Waals surface area contributed by atoms with Crippen LogP contribution in [0.2, 0.25) is 0 Å². The SMILES string of the molecule is O=C(Cc1nc(CN2CCC(CO)CC2)cs1)Nc1ccccc1. The molecule has 0 spiro atoms. The van der Waals surface area contributed by atoms with Crippen LogP contribution in [0.25, 0.3) is 0 Å². The zero-order valence-electron chi connectivity index (χ0n) is 13.6. The van der Waals surface area contributed by atoms with Crippen molar-refractivity contribution < 1.29 is 9.90 Å². The number of nitrogens with zero attached hydrogens (tertiary/aromatic N) is 2. The lowest BCUT2D eigenvalue weighted by Crippen LogP contribution is -2.34. The number of aliphatic hydroxyl groups excluding tert-OH is 1. The Kier molecular flexibility index (Phi) is 5.96. The second-order valence-corrected chi connectivity index (χ2v) is 7.17. The van der Waals surface area contributed by atoms with E-state index in [1.807, 2.05) is 35.7 Å². The van der Waals surface area contributed by atoms with E-state index < -0.39 is 0 Å². The highest BCUT2D eigenvalue weighted by Crippen LogP contribution is 2.19. The second-order valence-electron chi connectivity index (χ2n) is 6.23. The average Bonchev–Trinajstić information content (AvgIpc) is 3.03. The van der Waals surface area contributed by atoms with Gasteiger partial charge in [0, 0.05) is 24.2 Å². The molecule has 1 fully saturated rings. The zero-order valence-corrected chi connectivity index (χ0v) is 14.5. The lowest BCUT2D eigenvalue weighted by molar-refractivity contribution is -0.115. The fourth-order valence-electron chi connectivity index (χ4n) is 2.92. The maximum Gasteiger partial charge on any atom is 0.231 e. The number of aliphatic hydroxyl groups is 1. The van der Waals surface area contributed by atoms with Gasteiger partial charge in [-0.25, -0.2) is 4.98 Å². The van der Waals surface area contributed by atoms with Crippen LogP contribution in [0, 0.1) is 5.92 Å². The highest BCUT2D eigenvalue weighted by atomic mass is 32.1. The fraction of sp³-hybridized carbons (Fsp3) is 0.444. The molecule has 1 aliphatic rings. The third kappa shape index (κ3) is 4.87. The Hall–Kier alpha value is -1.76. The van der Waals surface area contributed by atoms with Crippen LogP contribution in [0.1, 0.15) is 23.5 Å². The molecule has 5 nitrogen and oxygen atoms in total. The van der Waals surface area contributed by atoms with Crippen molar-refractivity contribution in [3.63, 3.8) is 0 Å². The van der Waals surface area contributed by atoms with E-state index in [1.165, 1.54) is 0 Å². The highest BCUT2D eigenvalue weighted by Gasteiger charge is 2.19. The summed E-state index contributed by atoms with van der Waals surface area (Å²) in [5.74, 6) is 0.416. The van der Waals surface area contributed by atoms with Crippen molar-refractivity contribution in [2.24, 2.45) is 5.92 Å². The van der Waals surface area contributed by atoms with Gasteiger partial charge in [0.15, 0.2) is 0 Å². The third-order valence-corrected chi connectivity index (χ3v) is 5.22. The molecule has 2 aromatic rings. The molecule has 1 aromatic heterocycles. The van der Waals surface area contributed by atoms with Crippen LogP contribution in [-0.2, 0) is 17.8 Å². The Bertz CT molecular complexity index is 651. The van der Waals surface area contributed by atoms with E-state index >= 15 is 0 Å². The van der Waals surface area contributed by atoms with E-state index in [9.17, 15) is 9.90 Å². The predicted molar refractivity (Wildman–Crippen MR) is 96.0 cm³/mol. The minimum atomic E-state index is -0.0362. The Morgan fingerprint density at radius 2 is 2.04 bits per heavy atom. The molecule has 0 aliphatic carbocycles. The molecule has 1 aromatic carbocycles. The summed E-state index contributed by atoms with van der Waals surface area (Å²) >= 11 is 1.54. The number of hydrogen-bond donors (Lipinski definition) is 2. The standard InChI is InChI=1S/C18H23N3O2S/c22-12-14-6-8-21(9-7-14)11-16-13-24-18(20-16)10-17(23)19-15-4-2-1-3-5-15/h1-5,13-14,22H,6-12H2,(H,19,23). The number of anilines is 1. The number of amides is 1. The van der Waals surface area contributed by atoms with Gasteiger partial charge in [0.05, 0.1) is 12.1 Å². The molecule has 24 heavy (non-hydrogen) atoms. The number of para-hydroxylation sites is 1. The quantitative estimate of drug-likeness (QED) is 0.844. The van der Waals surface area contributed by atoms with E-state index in [-0.39, 0.29) is 5.91 Å². The molecule has 0 saturated carbocycles. The number of carbonyl (C=O) groups is 1. The predicted octanol–water partition coefficient (Wildman–Crippen LogP) is 2.53. The van der Waals surface area contributed by atoms with Gasteiger partial charge in [-0.15, -0.1) is 11.3 Å². The van der Waals surface area contributed by atoms with Gasteiger partial charge in [0.2, 0.25) is 5.91 Å². The fourth-order valence-corrected chi connectivity index (χ4v) is 3.71. The summed E-state index contributed by atoms with van der Waals surface area (Å²) in [4.78, 5) is 19.0. The van der Waals surface area contributed by atoms with Crippen molar-refractivity contribution in [3.8, 4) is 0 Å². The molecule has 1 aliphatic heterocycles. The van der Waals surface area contributed by atoms with E-state index in [0.717, 1.165) is 48.9 Å². The van der Waals surface area contributed by atoms with E-state index in [4.69, 9.17) is 0 Å². The number of thiazole rings is 1. The van der Waals surface area contributed by atoms with Gasteiger partial charge >= 0.3 is 0 Å². The average molecular weight is 345 g/mol. The summed E-state index contributed by atoms with van der Waals surface area (Å²) in [6.45, 7) is 3.14. The summed E-state index contributed by atoms with van der Waals surface area (Å²) in [5.41, 5.74) is 1.84. The molecule has 0 radical (unpaired) electrons. The minimum Gasteiger partial charge on any atom is -0.396 e. The third-order valence-electron chi connectivity index (χ3n) is 4.32. The van der Waals surface area contributed by atoms with Gasteiger partial charge in [0.25, 0.3) is 0 Å². The van der Waals surface area contributed by atoms with E-state index in [2.05, 4.69) is 15.2 Å². The van der Waals surface area contributed by atoms with Gasteiger partial charge in [-0.05, 0) is 44.0 Å². The molecule has 2 N–H and O–H groups in total. The first-order valence-corrected chi connectivity index (χ1v) is 9.22. The van der Waals surface area contributed by atoms with Gasteiger partial charge in [-0.1, -0.05) is 18.2 Å². The van der Waals surface area contributed by atoms with Crippen LogP contribution >= 0.6 is 11.3 Å². The minimum absolute atomic E-state index is 0.0362. The molecule has 1 saturated heterocycles. The van der Waals surface area contributed by atoms with Gasteiger partial charge in [-0.3, -0.25) is 9.69 Å². The summed E-state index contributed by atoms with van der Waals surface area (Å²) in [7, 11) is 0. The van der Waals surface area contributed by atoms with Crippen molar-refractivity contribution >= 4 is 22.9 Å². The maximum atomic E-state index is 12.1. The van der Waals surface area contributed by atoms with Crippen LogP contribution in [0.5, 0.6) is 0 Å². The van der Waals surface area contributed by atoms with Crippen molar-refractivity contribution in [2.45, 2.75) is 25.8 Å². The number of nitrogens with one attached hydrogen (secondary N) is 1. The number of rotatable bonds is 6. The summed E-state index contributed by atoms with van der Waals surface area (Å²) in [6.07, 6.45) is 2.41. The summed E-state index contributed by atoms with van der Waals surface area (Å²) in [6, 6.07) is 9.47. The monoisotopic (exact) mass is 345 g/mol. The van der Waals surface area contributed by atoms with Crippen LogP contribution in [0.3, 0.4) is 0 Å². The molecule has 0 atom stereocenters. The largest absolute Gasteiger partial charge is 0.396 e. The number of benzene rings is 1. The first-order chi connectivity index (χ1) is 11.7. The lowest BCUT2D eigenvalue weighted by Gasteiger charge is -2.30. The maximum absolute atomic E-state index is 12.1. The molecule has 3 rings (SSSR count). The van der Waals surface area contributed by atoms with Crippen LogP contribution in [0.15, 0.2) is 35.7 Å². The summed E-state index contributed by atoms with van der Waals surface area (Å²) < 4.78 is 0. The van der Waals surface area contributed by atoms with Crippen molar-refractivity contribution in [1.82, 2.24) is 9.88 Å². The van der Waals surface area contributed by atoms with Crippen LogP contribution < -0.4 is 5.32 Å². The summed E-state index contributed by atoms with van der Waals surface area (Å²) in [5, 5.41) is 15.0. The first-order valence-electron chi connectivity index (χ1n) is 8.34. The molecular weight excluding hydrogens is 322 g/mol. The Morgan fingerprint density at radius 1 is 1.29 bits per heavy atom. The molecule has 6 heteroatoms. The van der Waals surface area contributed by atoms with Crippen molar-refractivity contribution in [1.29, 1.82) is 0 Å².